The van der Waals surface area contributed by atoms with Gasteiger partial charge in [-0.05, 0) is 42.7 Å². The van der Waals surface area contributed by atoms with E-state index in [4.69, 9.17) is 28.3 Å². The summed E-state index contributed by atoms with van der Waals surface area (Å²) in [7, 11) is 0. The average Bonchev–Trinajstić information content (AvgIpc) is 3.07. The number of carbonyl (C=O) groups is 1. The number of halogens is 2. The SMILES string of the molecule is C[C@H]1C(C(=O)NN2CCCCC2)=NN(c2ccccc2Cl)[C@H]1c1ccc(Cl)cc1. The highest BCUT2D eigenvalue weighted by atomic mass is 35.5. The van der Waals surface area contributed by atoms with E-state index in [-0.39, 0.29) is 17.9 Å². The van der Waals surface area contributed by atoms with Crippen molar-refractivity contribution in [3.05, 3.63) is 64.1 Å². The molecule has 0 bridgehead atoms. The number of piperidine rings is 1. The normalized spacial score (nSPS) is 22.4. The zero-order valence-corrected chi connectivity index (χ0v) is 17.8. The second kappa shape index (κ2) is 8.74. The van der Waals surface area contributed by atoms with Crippen molar-refractivity contribution in [2.75, 3.05) is 18.1 Å². The summed E-state index contributed by atoms with van der Waals surface area (Å²) in [6.45, 7) is 3.79. The molecule has 0 saturated carbocycles. The standard InChI is InChI=1S/C22H24Cl2N4O/c1-15-20(22(29)26-27-13-5-2-6-14-27)25-28(19-8-4-3-7-18(19)24)21(15)16-9-11-17(23)12-10-16/h3-4,7-12,15,21H,2,5-6,13-14H2,1H3,(H,26,29)/t15-,21+/m0/s1. The van der Waals surface area contributed by atoms with Crippen molar-refractivity contribution in [1.82, 2.24) is 10.4 Å². The molecule has 1 fully saturated rings. The van der Waals surface area contributed by atoms with Crippen LogP contribution in [-0.4, -0.2) is 29.7 Å². The quantitative estimate of drug-likeness (QED) is 0.736. The summed E-state index contributed by atoms with van der Waals surface area (Å²) in [4.78, 5) is 13.1. The fraction of sp³-hybridized carbons (Fsp3) is 0.364. The minimum absolute atomic E-state index is 0.114. The number of para-hydroxylation sites is 1. The molecule has 4 rings (SSSR count). The van der Waals surface area contributed by atoms with E-state index in [1.807, 2.05) is 65.5 Å². The molecule has 0 aromatic heterocycles. The third-order valence-electron chi connectivity index (χ3n) is 5.54. The minimum Gasteiger partial charge on any atom is -0.284 e. The topological polar surface area (TPSA) is 47.9 Å². The first-order valence-electron chi connectivity index (χ1n) is 9.98. The highest BCUT2D eigenvalue weighted by Crippen LogP contribution is 2.41. The lowest BCUT2D eigenvalue weighted by atomic mass is 9.91. The Labute approximate surface area is 181 Å². The second-order valence-corrected chi connectivity index (χ2v) is 8.40. The van der Waals surface area contributed by atoms with Gasteiger partial charge in [-0.3, -0.25) is 15.2 Å². The lowest BCUT2D eigenvalue weighted by Gasteiger charge is -2.28. The summed E-state index contributed by atoms with van der Waals surface area (Å²) in [5.41, 5.74) is 5.36. The van der Waals surface area contributed by atoms with Gasteiger partial charge in [0.1, 0.15) is 5.71 Å². The van der Waals surface area contributed by atoms with Crippen molar-refractivity contribution in [2.24, 2.45) is 11.0 Å². The van der Waals surface area contributed by atoms with Crippen LogP contribution in [0.25, 0.3) is 0 Å². The Morgan fingerprint density at radius 1 is 1.03 bits per heavy atom. The Hall–Kier alpha value is -2.08. The van der Waals surface area contributed by atoms with Crippen molar-refractivity contribution in [2.45, 2.75) is 32.2 Å². The summed E-state index contributed by atoms with van der Waals surface area (Å²) in [5.74, 6) is -0.259. The van der Waals surface area contributed by atoms with Gasteiger partial charge in [0.15, 0.2) is 0 Å². The largest absolute Gasteiger partial charge is 0.284 e. The summed E-state index contributed by atoms with van der Waals surface area (Å²) in [6.07, 6.45) is 3.41. The van der Waals surface area contributed by atoms with E-state index in [0.29, 0.717) is 15.8 Å². The van der Waals surface area contributed by atoms with Crippen LogP contribution in [0, 0.1) is 5.92 Å². The van der Waals surface area contributed by atoms with Crippen LogP contribution in [0.2, 0.25) is 10.0 Å². The van der Waals surface area contributed by atoms with Crippen molar-refractivity contribution < 1.29 is 4.79 Å². The van der Waals surface area contributed by atoms with E-state index in [0.717, 1.165) is 37.2 Å². The first-order chi connectivity index (χ1) is 14.0. The molecule has 2 atom stereocenters. The molecule has 2 aliphatic rings. The van der Waals surface area contributed by atoms with E-state index >= 15 is 0 Å². The maximum atomic E-state index is 13.1. The zero-order chi connectivity index (χ0) is 20.4. The van der Waals surface area contributed by atoms with Crippen molar-refractivity contribution >= 4 is 40.5 Å². The zero-order valence-electron chi connectivity index (χ0n) is 16.3. The number of anilines is 1. The number of rotatable bonds is 4. The van der Waals surface area contributed by atoms with E-state index in [2.05, 4.69) is 5.43 Å². The molecule has 29 heavy (non-hydrogen) atoms. The molecule has 1 N–H and O–H groups in total. The molecular weight excluding hydrogens is 407 g/mol. The third-order valence-corrected chi connectivity index (χ3v) is 6.11. The summed E-state index contributed by atoms with van der Waals surface area (Å²) < 4.78 is 0. The van der Waals surface area contributed by atoms with Gasteiger partial charge in [0.2, 0.25) is 0 Å². The van der Waals surface area contributed by atoms with Gasteiger partial charge in [-0.2, -0.15) is 5.10 Å². The molecular formula is C22H24Cl2N4O. The molecule has 0 radical (unpaired) electrons. The number of hydrogen-bond donors (Lipinski definition) is 1. The van der Waals surface area contributed by atoms with Crippen LogP contribution < -0.4 is 10.4 Å². The second-order valence-electron chi connectivity index (χ2n) is 7.55. The predicted octanol–water partition coefficient (Wildman–Crippen LogP) is 5.06. The minimum atomic E-state index is -0.145. The fourth-order valence-electron chi connectivity index (χ4n) is 4.02. The molecule has 2 heterocycles. The van der Waals surface area contributed by atoms with Crippen LogP contribution in [-0.2, 0) is 4.79 Å². The highest BCUT2D eigenvalue weighted by Gasteiger charge is 2.40. The molecule has 2 aromatic carbocycles. The van der Waals surface area contributed by atoms with Crippen LogP contribution in [0.15, 0.2) is 53.6 Å². The highest BCUT2D eigenvalue weighted by molar-refractivity contribution is 6.40. The Bertz CT molecular complexity index is 909. The summed E-state index contributed by atoms with van der Waals surface area (Å²) in [5, 5.41) is 9.87. The monoisotopic (exact) mass is 430 g/mol. The van der Waals surface area contributed by atoms with E-state index in [1.54, 1.807) is 0 Å². The maximum Gasteiger partial charge on any atom is 0.282 e. The van der Waals surface area contributed by atoms with Gasteiger partial charge < -0.3 is 0 Å². The first kappa shape index (κ1) is 20.2. The Kier molecular flexibility index (Phi) is 6.09. The number of hydrazine groups is 1. The predicted molar refractivity (Wildman–Crippen MR) is 118 cm³/mol. The molecule has 2 aromatic rings. The Morgan fingerprint density at radius 2 is 1.72 bits per heavy atom. The van der Waals surface area contributed by atoms with Crippen molar-refractivity contribution in [3.63, 3.8) is 0 Å². The van der Waals surface area contributed by atoms with Crippen LogP contribution in [0.1, 0.15) is 37.8 Å². The van der Waals surface area contributed by atoms with E-state index in [9.17, 15) is 4.79 Å². The van der Waals surface area contributed by atoms with Crippen LogP contribution >= 0.6 is 23.2 Å². The van der Waals surface area contributed by atoms with Gasteiger partial charge in [-0.25, -0.2) is 5.01 Å². The van der Waals surface area contributed by atoms with E-state index in [1.165, 1.54) is 6.42 Å². The van der Waals surface area contributed by atoms with Crippen molar-refractivity contribution in [1.29, 1.82) is 0 Å². The molecule has 7 heteroatoms. The molecule has 1 saturated heterocycles. The smallest absolute Gasteiger partial charge is 0.282 e. The molecule has 0 aliphatic carbocycles. The lowest BCUT2D eigenvalue weighted by molar-refractivity contribution is -0.120. The van der Waals surface area contributed by atoms with Crippen LogP contribution in [0.5, 0.6) is 0 Å². The molecule has 1 amide bonds. The number of hydrazone groups is 1. The van der Waals surface area contributed by atoms with Gasteiger partial charge in [0.25, 0.3) is 5.91 Å². The third kappa shape index (κ3) is 4.27. The number of benzene rings is 2. The molecule has 5 nitrogen and oxygen atoms in total. The van der Waals surface area contributed by atoms with Gasteiger partial charge in [0, 0.05) is 24.0 Å². The first-order valence-corrected chi connectivity index (χ1v) is 10.7. The van der Waals surface area contributed by atoms with Crippen LogP contribution in [0.4, 0.5) is 5.69 Å². The number of amides is 1. The van der Waals surface area contributed by atoms with Crippen LogP contribution in [0.3, 0.4) is 0 Å². The average molecular weight is 431 g/mol. The molecule has 2 aliphatic heterocycles. The summed E-state index contributed by atoms with van der Waals surface area (Å²) >= 11 is 12.6. The number of nitrogens with one attached hydrogen (secondary N) is 1. The van der Waals surface area contributed by atoms with Gasteiger partial charge in [0.05, 0.1) is 16.8 Å². The number of nitrogens with zero attached hydrogens (tertiary/aromatic N) is 3. The Morgan fingerprint density at radius 3 is 2.41 bits per heavy atom. The molecule has 152 valence electrons. The van der Waals surface area contributed by atoms with Crippen molar-refractivity contribution in [3.8, 4) is 0 Å². The lowest BCUT2D eigenvalue weighted by Crippen LogP contribution is -2.48. The van der Waals surface area contributed by atoms with Gasteiger partial charge >= 0.3 is 0 Å². The van der Waals surface area contributed by atoms with Gasteiger partial charge in [-0.15, -0.1) is 0 Å². The Balaban J connectivity index is 1.66. The number of carbonyl (C=O) groups excluding carboxylic acids is 1. The molecule has 0 spiro atoms. The van der Waals surface area contributed by atoms with E-state index < -0.39 is 0 Å². The van der Waals surface area contributed by atoms with Gasteiger partial charge in [-0.1, -0.05) is 60.8 Å². The number of hydrogen-bond acceptors (Lipinski definition) is 4. The fourth-order valence-corrected chi connectivity index (χ4v) is 4.37. The molecule has 0 unspecified atom stereocenters. The summed E-state index contributed by atoms with van der Waals surface area (Å²) in [6, 6.07) is 15.1. The maximum absolute atomic E-state index is 13.1.